The minimum atomic E-state index is -0.964. The molecule has 2 amide bonds. The molecule has 0 spiro atoms. The van der Waals surface area contributed by atoms with Crippen molar-refractivity contribution in [2.75, 3.05) is 6.54 Å². The molecule has 0 radical (unpaired) electrons. The molecule has 0 bridgehead atoms. The Bertz CT molecular complexity index is 616. The molecule has 148 valence electrons. The van der Waals surface area contributed by atoms with Crippen LogP contribution in [0.15, 0.2) is 30.3 Å². The van der Waals surface area contributed by atoms with Crippen molar-refractivity contribution in [1.29, 1.82) is 0 Å². The van der Waals surface area contributed by atoms with Gasteiger partial charge in [0.25, 0.3) is 0 Å². The van der Waals surface area contributed by atoms with Gasteiger partial charge < -0.3 is 20.5 Å². The first-order valence-electron chi connectivity index (χ1n) is 9.51. The predicted octanol–water partition coefficient (Wildman–Crippen LogP) is 2.84. The number of rotatable bonds is 12. The van der Waals surface area contributed by atoms with Gasteiger partial charge in [-0.05, 0) is 30.7 Å². The molecule has 1 aliphatic carbocycles. The van der Waals surface area contributed by atoms with Gasteiger partial charge in [-0.3, -0.25) is 4.79 Å². The number of hydrogen-bond acceptors (Lipinski definition) is 4. The normalized spacial score (nSPS) is 14.2. The molecule has 2 rings (SSSR count). The number of carboxylic acids is 1. The van der Waals surface area contributed by atoms with Crippen LogP contribution in [0.5, 0.6) is 0 Å². The van der Waals surface area contributed by atoms with Crippen molar-refractivity contribution in [3.63, 3.8) is 0 Å². The van der Waals surface area contributed by atoms with E-state index in [0.717, 1.165) is 31.2 Å². The highest BCUT2D eigenvalue weighted by Gasteiger charge is 2.29. The van der Waals surface area contributed by atoms with Gasteiger partial charge in [0.2, 0.25) is 5.91 Å². The van der Waals surface area contributed by atoms with E-state index in [4.69, 9.17) is 9.84 Å². The Kier molecular flexibility index (Phi) is 8.61. The first-order chi connectivity index (χ1) is 13.0. The van der Waals surface area contributed by atoms with Crippen LogP contribution >= 0.6 is 0 Å². The summed E-state index contributed by atoms with van der Waals surface area (Å²) < 4.78 is 5.11. The summed E-state index contributed by atoms with van der Waals surface area (Å²) >= 11 is 0. The molecule has 1 fully saturated rings. The van der Waals surface area contributed by atoms with Crippen LogP contribution in [0.2, 0.25) is 0 Å². The highest BCUT2D eigenvalue weighted by Crippen LogP contribution is 2.33. The molecule has 1 atom stereocenters. The Balaban J connectivity index is 1.48. The summed E-state index contributed by atoms with van der Waals surface area (Å²) in [4.78, 5) is 34.6. The van der Waals surface area contributed by atoms with Crippen molar-refractivity contribution >= 4 is 18.0 Å². The lowest BCUT2D eigenvalue weighted by Crippen LogP contribution is -2.41. The van der Waals surface area contributed by atoms with Gasteiger partial charge in [0.05, 0.1) is 0 Å². The maximum absolute atomic E-state index is 11.9. The molecule has 0 saturated heterocycles. The molecule has 1 aromatic carbocycles. The molecule has 0 unspecified atom stereocenters. The lowest BCUT2D eigenvalue weighted by molar-refractivity contribution is -0.142. The number of nitrogens with one attached hydrogen (secondary N) is 2. The van der Waals surface area contributed by atoms with E-state index >= 15 is 0 Å². The molecule has 0 heterocycles. The summed E-state index contributed by atoms with van der Waals surface area (Å²) in [7, 11) is 0. The topological polar surface area (TPSA) is 105 Å². The molecule has 7 heteroatoms. The van der Waals surface area contributed by atoms with Gasteiger partial charge in [0.1, 0.15) is 12.6 Å². The molecule has 1 saturated carbocycles. The highest BCUT2D eigenvalue weighted by atomic mass is 16.5. The summed E-state index contributed by atoms with van der Waals surface area (Å²) in [6.45, 7) is 0.715. The van der Waals surface area contributed by atoms with Crippen LogP contribution in [0.3, 0.4) is 0 Å². The fourth-order valence-corrected chi connectivity index (χ4v) is 2.73. The second-order valence-electron chi connectivity index (χ2n) is 6.94. The van der Waals surface area contributed by atoms with Gasteiger partial charge in [-0.15, -0.1) is 0 Å². The van der Waals surface area contributed by atoms with Crippen LogP contribution in [-0.2, 0) is 20.9 Å². The summed E-state index contributed by atoms with van der Waals surface area (Å²) in [5.41, 5.74) is 0.931. The van der Waals surface area contributed by atoms with Crippen molar-refractivity contribution in [3.05, 3.63) is 35.9 Å². The van der Waals surface area contributed by atoms with Crippen molar-refractivity contribution in [1.82, 2.24) is 10.6 Å². The molecule has 7 nitrogen and oxygen atoms in total. The molecule has 1 aliphatic rings. The van der Waals surface area contributed by atoms with Gasteiger partial charge >= 0.3 is 12.1 Å². The lowest BCUT2D eigenvalue weighted by Gasteiger charge is -2.14. The maximum Gasteiger partial charge on any atom is 0.407 e. The Morgan fingerprint density at radius 3 is 2.52 bits per heavy atom. The first-order valence-corrected chi connectivity index (χ1v) is 9.51. The number of aliphatic carboxylic acids is 1. The minimum absolute atomic E-state index is 0.224. The SMILES string of the molecule is O=C(CCCCCNC(=O)OCc1ccccc1)N[C@@H](CC1CC1)C(=O)O. The molecular formula is C20H28N2O5. The summed E-state index contributed by atoms with van der Waals surface area (Å²) in [5, 5.41) is 14.4. The maximum atomic E-state index is 11.9. The third-order valence-electron chi connectivity index (χ3n) is 4.46. The number of hydrogen-bond donors (Lipinski definition) is 3. The largest absolute Gasteiger partial charge is 0.480 e. The van der Waals surface area contributed by atoms with Crippen LogP contribution in [0.1, 0.15) is 50.5 Å². The van der Waals surface area contributed by atoms with Gasteiger partial charge in [-0.25, -0.2) is 9.59 Å². The van der Waals surface area contributed by atoms with Gasteiger partial charge in [0.15, 0.2) is 0 Å². The van der Waals surface area contributed by atoms with Gasteiger partial charge in [-0.1, -0.05) is 49.6 Å². The molecule has 0 aromatic heterocycles. The summed E-state index contributed by atoms with van der Waals surface area (Å²) in [6.07, 6.45) is 4.64. The molecular weight excluding hydrogens is 348 g/mol. The average Bonchev–Trinajstić information content (AvgIpc) is 3.47. The third kappa shape index (κ3) is 9.08. The Morgan fingerprint density at radius 1 is 1.11 bits per heavy atom. The smallest absolute Gasteiger partial charge is 0.407 e. The molecule has 0 aliphatic heterocycles. The van der Waals surface area contributed by atoms with E-state index < -0.39 is 18.1 Å². The fourth-order valence-electron chi connectivity index (χ4n) is 2.73. The van der Waals surface area contributed by atoms with E-state index in [0.29, 0.717) is 31.7 Å². The number of ether oxygens (including phenoxy) is 1. The number of unbranched alkanes of at least 4 members (excludes halogenated alkanes) is 2. The first kappa shape index (κ1) is 20.7. The van der Waals surface area contributed by atoms with E-state index in [1.165, 1.54) is 0 Å². The Labute approximate surface area is 159 Å². The number of amides is 2. The quantitative estimate of drug-likeness (QED) is 0.487. The number of benzene rings is 1. The van der Waals surface area contributed by atoms with Crippen LogP contribution in [0.25, 0.3) is 0 Å². The third-order valence-corrected chi connectivity index (χ3v) is 4.46. The van der Waals surface area contributed by atoms with Crippen LogP contribution < -0.4 is 10.6 Å². The van der Waals surface area contributed by atoms with Crippen LogP contribution in [0, 0.1) is 5.92 Å². The van der Waals surface area contributed by atoms with Gasteiger partial charge in [-0.2, -0.15) is 0 Å². The van der Waals surface area contributed by atoms with E-state index in [9.17, 15) is 14.4 Å². The van der Waals surface area contributed by atoms with Crippen molar-refractivity contribution in [2.45, 2.75) is 57.6 Å². The molecule has 3 N–H and O–H groups in total. The van der Waals surface area contributed by atoms with Crippen molar-refractivity contribution in [2.24, 2.45) is 5.92 Å². The van der Waals surface area contributed by atoms with E-state index in [1.54, 1.807) is 0 Å². The average molecular weight is 376 g/mol. The zero-order valence-electron chi connectivity index (χ0n) is 15.5. The van der Waals surface area contributed by atoms with Crippen molar-refractivity contribution in [3.8, 4) is 0 Å². The van der Waals surface area contributed by atoms with E-state index in [-0.39, 0.29) is 12.5 Å². The Morgan fingerprint density at radius 2 is 1.85 bits per heavy atom. The number of carbonyl (C=O) groups is 3. The summed E-state index contributed by atoms with van der Waals surface area (Å²) in [6, 6.07) is 8.68. The zero-order valence-corrected chi connectivity index (χ0v) is 15.5. The van der Waals surface area contributed by atoms with Crippen molar-refractivity contribution < 1.29 is 24.2 Å². The fraction of sp³-hybridized carbons (Fsp3) is 0.550. The van der Waals surface area contributed by atoms with E-state index in [1.807, 2.05) is 30.3 Å². The number of carbonyl (C=O) groups excluding carboxylic acids is 2. The van der Waals surface area contributed by atoms with E-state index in [2.05, 4.69) is 10.6 Å². The lowest BCUT2D eigenvalue weighted by atomic mass is 10.1. The highest BCUT2D eigenvalue weighted by molar-refractivity contribution is 5.83. The monoisotopic (exact) mass is 376 g/mol. The standard InChI is InChI=1S/C20H28N2O5/c23-18(22-17(19(24)25)13-15-10-11-15)9-5-2-6-12-21-20(26)27-14-16-7-3-1-4-8-16/h1,3-4,7-8,15,17H,2,5-6,9-14H2,(H,21,26)(H,22,23)(H,24,25)/t17-/m0/s1. The zero-order chi connectivity index (χ0) is 19.5. The van der Waals surface area contributed by atoms with Crippen LogP contribution in [-0.4, -0.2) is 35.7 Å². The predicted molar refractivity (Wildman–Crippen MR) is 100 cm³/mol. The second kappa shape index (κ2) is 11.2. The molecule has 27 heavy (non-hydrogen) atoms. The van der Waals surface area contributed by atoms with Crippen LogP contribution in [0.4, 0.5) is 4.79 Å². The minimum Gasteiger partial charge on any atom is -0.480 e. The van der Waals surface area contributed by atoms with Gasteiger partial charge in [0, 0.05) is 13.0 Å². The second-order valence-corrected chi connectivity index (χ2v) is 6.94. The number of alkyl carbamates (subject to hydrolysis) is 1. The summed E-state index contributed by atoms with van der Waals surface area (Å²) in [5.74, 6) is -0.745. The number of carboxylic acid groups (broad SMARTS) is 1. The molecule has 1 aromatic rings. The Hall–Kier alpha value is -2.57.